The molecule has 1 fully saturated rings. The minimum Gasteiger partial charge on any atom is -0.507 e. The van der Waals surface area contributed by atoms with E-state index in [1.807, 2.05) is 30.3 Å². The molecule has 1 aliphatic rings. The molecule has 7 nitrogen and oxygen atoms in total. The second-order valence-corrected chi connectivity index (χ2v) is 7.94. The quantitative estimate of drug-likeness (QED) is 0.547. The molecule has 31 heavy (non-hydrogen) atoms. The van der Waals surface area contributed by atoms with E-state index in [1.165, 1.54) is 16.9 Å². The maximum atomic E-state index is 12.7. The van der Waals surface area contributed by atoms with Crippen LogP contribution in [0.1, 0.15) is 47.2 Å². The molecule has 0 radical (unpaired) electrons. The van der Waals surface area contributed by atoms with Gasteiger partial charge in [-0.2, -0.15) is 5.10 Å². The van der Waals surface area contributed by atoms with Gasteiger partial charge >= 0.3 is 0 Å². The molecule has 0 spiro atoms. The SMILES string of the molecule is O=C(Cn1cc(NC(=O)c2cc(Cc3ccccc3)ccc2O)cn1)NC1CCCC1. The van der Waals surface area contributed by atoms with Crippen molar-refractivity contribution in [3.05, 3.63) is 77.6 Å². The number of carbonyl (C=O) groups excluding carboxylic acids is 2. The van der Waals surface area contributed by atoms with Gasteiger partial charge in [0.25, 0.3) is 5.91 Å². The lowest BCUT2D eigenvalue weighted by atomic mass is 10.0. The fraction of sp³-hybridized carbons (Fsp3) is 0.292. The van der Waals surface area contributed by atoms with Crippen LogP contribution in [0.2, 0.25) is 0 Å². The van der Waals surface area contributed by atoms with Crippen LogP contribution in [0.25, 0.3) is 0 Å². The van der Waals surface area contributed by atoms with Gasteiger partial charge in [-0.05, 0) is 42.5 Å². The highest BCUT2D eigenvalue weighted by Crippen LogP contribution is 2.22. The van der Waals surface area contributed by atoms with Gasteiger partial charge in [0.2, 0.25) is 5.91 Å². The number of hydrogen-bond donors (Lipinski definition) is 3. The lowest BCUT2D eigenvalue weighted by molar-refractivity contribution is -0.122. The first-order valence-electron chi connectivity index (χ1n) is 10.6. The summed E-state index contributed by atoms with van der Waals surface area (Å²) in [5.74, 6) is -0.598. The molecule has 0 saturated heterocycles. The molecule has 2 amide bonds. The third-order valence-corrected chi connectivity index (χ3v) is 5.47. The van der Waals surface area contributed by atoms with E-state index in [2.05, 4.69) is 15.7 Å². The molecule has 0 aliphatic heterocycles. The summed E-state index contributed by atoms with van der Waals surface area (Å²) in [7, 11) is 0. The van der Waals surface area contributed by atoms with E-state index in [9.17, 15) is 14.7 Å². The minimum absolute atomic E-state index is 0.0841. The number of nitrogens with one attached hydrogen (secondary N) is 2. The molecule has 1 heterocycles. The molecule has 1 aromatic heterocycles. The Balaban J connectivity index is 1.38. The number of aromatic nitrogens is 2. The monoisotopic (exact) mass is 418 g/mol. The average molecular weight is 418 g/mol. The Morgan fingerprint density at radius 2 is 1.84 bits per heavy atom. The van der Waals surface area contributed by atoms with Crippen molar-refractivity contribution in [3.8, 4) is 5.75 Å². The second kappa shape index (κ2) is 9.47. The van der Waals surface area contributed by atoms with Crippen LogP contribution in [0.15, 0.2) is 60.9 Å². The first-order valence-corrected chi connectivity index (χ1v) is 10.6. The van der Waals surface area contributed by atoms with Gasteiger partial charge in [0, 0.05) is 12.2 Å². The zero-order chi connectivity index (χ0) is 21.6. The van der Waals surface area contributed by atoms with Crippen LogP contribution < -0.4 is 10.6 Å². The van der Waals surface area contributed by atoms with Gasteiger partial charge in [-0.15, -0.1) is 0 Å². The predicted octanol–water partition coefficient (Wildman–Crippen LogP) is 3.49. The summed E-state index contributed by atoms with van der Waals surface area (Å²) in [5.41, 5.74) is 2.71. The van der Waals surface area contributed by atoms with Gasteiger partial charge < -0.3 is 15.7 Å². The van der Waals surface area contributed by atoms with Crippen molar-refractivity contribution < 1.29 is 14.7 Å². The van der Waals surface area contributed by atoms with Crippen molar-refractivity contribution in [1.82, 2.24) is 15.1 Å². The summed E-state index contributed by atoms with van der Waals surface area (Å²) < 4.78 is 1.49. The molecule has 7 heteroatoms. The van der Waals surface area contributed by atoms with Crippen LogP contribution in [-0.2, 0) is 17.8 Å². The Morgan fingerprint density at radius 3 is 2.61 bits per heavy atom. The molecule has 2 aromatic carbocycles. The van der Waals surface area contributed by atoms with Crippen molar-refractivity contribution >= 4 is 17.5 Å². The van der Waals surface area contributed by atoms with Crippen LogP contribution in [0.5, 0.6) is 5.75 Å². The third kappa shape index (κ3) is 5.51. The minimum atomic E-state index is -0.428. The number of aromatic hydroxyl groups is 1. The first kappa shape index (κ1) is 20.7. The predicted molar refractivity (Wildman–Crippen MR) is 118 cm³/mol. The van der Waals surface area contributed by atoms with Gasteiger partial charge in [0.15, 0.2) is 0 Å². The van der Waals surface area contributed by atoms with Crippen molar-refractivity contribution in [1.29, 1.82) is 0 Å². The van der Waals surface area contributed by atoms with Gasteiger partial charge in [0.1, 0.15) is 12.3 Å². The summed E-state index contributed by atoms with van der Waals surface area (Å²) in [6, 6.07) is 15.2. The molecule has 1 aliphatic carbocycles. The van der Waals surface area contributed by atoms with E-state index in [0.29, 0.717) is 12.1 Å². The number of rotatable bonds is 7. The van der Waals surface area contributed by atoms with Gasteiger partial charge in [-0.3, -0.25) is 14.3 Å². The van der Waals surface area contributed by atoms with E-state index in [0.717, 1.165) is 36.8 Å². The fourth-order valence-corrected chi connectivity index (χ4v) is 3.91. The smallest absolute Gasteiger partial charge is 0.259 e. The number of phenols is 1. The highest BCUT2D eigenvalue weighted by molar-refractivity contribution is 6.06. The third-order valence-electron chi connectivity index (χ3n) is 5.47. The van der Waals surface area contributed by atoms with Crippen molar-refractivity contribution in [3.63, 3.8) is 0 Å². The van der Waals surface area contributed by atoms with E-state index in [4.69, 9.17) is 0 Å². The Morgan fingerprint density at radius 1 is 1.06 bits per heavy atom. The molecule has 4 rings (SSSR count). The summed E-state index contributed by atoms with van der Waals surface area (Å²) in [4.78, 5) is 24.9. The van der Waals surface area contributed by atoms with Gasteiger partial charge in [-0.1, -0.05) is 49.2 Å². The number of phenolic OH excluding ortho intramolecular Hbond substituents is 1. The summed E-state index contributed by atoms with van der Waals surface area (Å²) >= 11 is 0. The Labute approximate surface area is 181 Å². The Kier molecular flexibility index (Phi) is 6.31. The highest BCUT2D eigenvalue weighted by atomic mass is 16.3. The molecule has 0 unspecified atom stereocenters. The van der Waals surface area contributed by atoms with Crippen LogP contribution in [0.3, 0.4) is 0 Å². The summed E-state index contributed by atoms with van der Waals surface area (Å²) in [5, 5.41) is 20.1. The van der Waals surface area contributed by atoms with E-state index < -0.39 is 5.91 Å². The lowest BCUT2D eigenvalue weighted by Crippen LogP contribution is -2.35. The van der Waals surface area contributed by atoms with E-state index in [-0.39, 0.29) is 29.8 Å². The normalized spacial score (nSPS) is 13.8. The number of nitrogens with zero attached hydrogens (tertiary/aromatic N) is 2. The average Bonchev–Trinajstić information content (AvgIpc) is 3.42. The molecule has 3 aromatic rings. The molecule has 3 N–H and O–H groups in total. The fourth-order valence-electron chi connectivity index (χ4n) is 3.91. The molecule has 160 valence electrons. The van der Waals surface area contributed by atoms with Crippen molar-refractivity contribution in [2.75, 3.05) is 5.32 Å². The Hall–Kier alpha value is -3.61. The van der Waals surface area contributed by atoms with Gasteiger partial charge in [-0.25, -0.2) is 0 Å². The number of anilines is 1. The molecular formula is C24H26N4O3. The first-order chi connectivity index (χ1) is 15.1. The van der Waals surface area contributed by atoms with E-state index in [1.54, 1.807) is 18.3 Å². The maximum absolute atomic E-state index is 12.7. The second-order valence-electron chi connectivity index (χ2n) is 7.94. The van der Waals surface area contributed by atoms with Crippen LogP contribution in [0, 0.1) is 0 Å². The number of amides is 2. The Bertz CT molecular complexity index is 1060. The standard InChI is InChI=1S/C24H26N4O3/c29-22-11-10-18(12-17-6-2-1-3-7-17)13-21(22)24(31)27-20-14-25-28(15-20)16-23(30)26-19-8-4-5-9-19/h1-3,6-7,10-11,13-15,19,29H,4-5,8-9,12,16H2,(H,26,30)(H,27,31). The number of hydrogen-bond acceptors (Lipinski definition) is 4. The maximum Gasteiger partial charge on any atom is 0.259 e. The number of carbonyl (C=O) groups is 2. The zero-order valence-electron chi connectivity index (χ0n) is 17.3. The van der Waals surface area contributed by atoms with Gasteiger partial charge in [0.05, 0.1) is 17.4 Å². The molecule has 0 atom stereocenters. The lowest BCUT2D eigenvalue weighted by Gasteiger charge is -2.11. The van der Waals surface area contributed by atoms with Crippen molar-refractivity contribution in [2.24, 2.45) is 0 Å². The molecule has 0 bridgehead atoms. The van der Waals surface area contributed by atoms with Crippen LogP contribution in [-0.4, -0.2) is 32.7 Å². The highest BCUT2D eigenvalue weighted by Gasteiger charge is 2.18. The van der Waals surface area contributed by atoms with E-state index >= 15 is 0 Å². The van der Waals surface area contributed by atoms with Crippen LogP contribution >= 0.6 is 0 Å². The summed E-state index contributed by atoms with van der Waals surface area (Å²) in [6.45, 7) is 0.101. The topological polar surface area (TPSA) is 96.2 Å². The summed E-state index contributed by atoms with van der Waals surface area (Å²) in [6.07, 6.45) is 8.13. The van der Waals surface area contributed by atoms with Crippen LogP contribution in [0.4, 0.5) is 5.69 Å². The number of benzene rings is 2. The van der Waals surface area contributed by atoms with Crippen molar-refractivity contribution in [2.45, 2.75) is 44.7 Å². The largest absolute Gasteiger partial charge is 0.507 e. The zero-order valence-corrected chi connectivity index (χ0v) is 17.3. The molecular weight excluding hydrogens is 392 g/mol. The molecule has 1 saturated carbocycles.